The molecule has 1 rings (SSSR count). The van der Waals surface area contributed by atoms with Crippen LogP contribution in [0.5, 0.6) is 11.5 Å². The Balaban J connectivity index is 0.00000225. The molecule has 5 nitrogen and oxygen atoms in total. The van der Waals surface area contributed by atoms with E-state index >= 15 is 0 Å². The molecule has 0 saturated heterocycles. The van der Waals surface area contributed by atoms with Crippen LogP contribution in [0.25, 0.3) is 6.08 Å². The summed E-state index contributed by atoms with van der Waals surface area (Å²) in [6.07, 6.45) is 2.27. The molecule has 0 bridgehead atoms. The Kier molecular flexibility index (Phi) is 6.80. The van der Waals surface area contributed by atoms with E-state index in [9.17, 15) is 10.1 Å². The van der Waals surface area contributed by atoms with E-state index in [1.54, 1.807) is 18.2 Å². The first-order chi connectivity index (χ1) is 7.17. The summed E-state index contributed by atoms with van der Waals surface area (Å²) in [4.78, 5) is 9.60. The van der Waals surface area contributed by atoms with Gasteiger partial charge in [-0.3, -0.25) is 10.1 Å². The van der Waals surface area contributed by atoms with Gasteiger partial charge in [0.1, 0.15) is 0 Å². The van der Waals surface area contributed by atoms with Gasteiger partial charge in [-0.15, -0.1) is 0 Å². The van der Waals surface area contributed by atoms with Crippen molar-refractivity contribution in [2.75, 3.05) is 14.2 Å². The molecule has 0 N–H and O–H groups in total. The molecule has 0 radical (unpaired) electrons. The van der Waals surface area contributed by atoms with E-state index in [2.05, 4.69) is 0 Å². The van der Waals surface area contributed by atoms with Gasteiger partial charge in [0.15, 0.2) is 11.5 Å². The summed E-state index contributed by atoms with van der Waals surface area (Å²) in [6.45, 7) is 0. The van der Waals surface area contributed by atoms with E-state index in [0.29, 0.717) is 17.1 Å². The molecular weight excluding hydrogens is 221 g/mol. The molecule has 0 atom stereocenters. The molecule has 0 amide bonds. The van der Waals surface area contributed by atoms with Gasteiger partial charge in [-0.25, -0.2) is 0 Å². The normalized spacial score (nSPS) is 9.62. The summed E-state index contributed by atoms with van der Waals surface area (Å²) in [5.41, 5.74) is 0.685. The van der Waals surface area contributed by atoms with Crippen molar-refractivity contribution in [2.24, 2.45) is 0 Å². The van der Waals surface area contributed by atoms with Crippen molar-refractivity contribution in [3.63, 3.8) is 0 Å². The Morgan fingerprint density at radius 3 is 2.38 bits per heavy atom. The van der Waals surface area contributed by atoms with E-state index in [1.807, 2.05) is 0 Å². The van der Waals surface area contributed by atoms with E-state index in [1.165, 1.54) is 20.3 Å². The molecular formula is C10H12NNaO4. The maximum absolute atomic E-state index is 10.1. The first-order valence-electron chi connectivity index (χ1n) is 4.21. The van der Waals surface area contributed by atoms with Gasteiger partial charge in [-0.05, 0) is 17.7 Å². The summed E-state index contributed by atoms with van der Waals surface area (Å²) in [5, 5.41) is 10.1. The maximum atomic E-state index is 10.1. The zero-order valence-electron chi connectivity index (χ0n) is 8.47. The average molecular weight is 233 g/mol. The number of ether oxygens (including phenoxy) is 2. The van der Waals surface area contributed by atoms with E-state index in [0.717, 1.165) is 6.20 Å². The Bertz CT molecular complexity index is 392. The molecule has 0 aliphatic rings. The monoisotopic (exact) mass is 233 g/mol. The fourth-order valence-corrected chi connectivity index (χ4v) is 1.10. The van der Waals surface area contributed by atoms with Crippen molar-refractivity contribution in [1.82, 2.24) is 0 Å². The topological polar surface area (TPSA) is 61.6 Å². The van der Waals surface area contributed by atoms with Crippen LogP contribution in [0.15, 0.2) is 24.4 Å². The summed E-state index contributed by atoms with van der Waals surface area (Å²) < 4.78 is 10.1. The zero-order chi connectivity index (χ0) is 11.3. The van der Waals surface area contributed by atoms with Gasteiger partial charge in [-0.1, -0.05) is 6.07 Å². The molecule has 1 aromatic rings. The van der Waals surface area contributed by atoms with Crippen molar-refractivity contribution in [2.45, 2.75) is 0 Å². The second kappa shape index (κ2) is 7.27. The summed E-state index contributed by atoms with van der Waals surface area (Å²) in [5.74, 6) is 1.14. The number of nitrogens with zero attached hydrogens (tertiary/aromatic N) is 1. The van der Waals surface area contributed by atoms with Crippen molar-refractivity contribution in [3.05, 3.63) is 40.1 Å². The molecule has 0 unspecified atom stereocenters. The molecule has 0 fully saturated rings. The first kappa shape index (κ1) is 15.0. The SMILES string of the molecule is COc1ccc(C=C[N+](=O)[O-])cc1OC.[NaH]. The number of hydrogen-bond donors (Lipinski definition) is 0. The van der Waals surface area contributed by atoms with Gasteiger partial charge in [-0.2, -0.15) is 0 Å². The van der Waals surface area contributed by atoms with Crippen LogP contribution in [-0.2, 0) is 0 Å². The Hall–Kier alpha value is -1.04. The molecule has 82 valence electrons. The van der Waals surface area contributed by atoms with Gasteiger partial charge in [0, 0.05) is 6.08 Å². The average Bonchev–Trinajstić information content (AvgIpc) is 2.25. The minimum absolute atomic E-state index is 0. The summed E-state index contributed by atoms with van der Waals surface area (Å²) in [6, 6.07) is 5.07. The van der Waals surface area contributed by atoms with Crippen molar-refractivity contribution in [1.29, 1.82) is 0 Å². The number of hydrogen-bond acceptors (Lipinski definition) is 4. The van der Waals surface area contributed by atoms with Crippen LogP contribution in [0.3, 0.4) is 0 Å². The molecule has 0 aromatic heterocycles. The molecule has 0 spiro atoms. The first-order valence-corrected chi connectivity index (χ1v) is 4.21. The quantitative estimate of drug-likeness (QED) is 0.447. The Labute approximate surface area is 115 Å². The molecule has 6 heteroatoms. The van der Waals surface area contributed by atoms with Crippen LogP contribution in [0, 0.1) is 10.1 Å². The third-order valence-corrected chi connectivity index (χ3v) is 1.80. The number of nitro groups is 1. The van der Waals surface area contributed by atoms with Crippen molar-refractivity contribution < 1.29 is 14.4 Å². The van der Waals surface area contributed by atoms with Gasteiger partial charge in [0.05, 0.1) is 19.1 Å². The summed E-state index contributed by atoms with van der Waals surface area (Å²) >= 11 is 0. The molecule has 0 aliphatic carbocycles. The molecule has 1 aromatic carbocycles. The summed E-state index contributed by atoms with van der Waals surface area (Å²) in [7, 11) is 3.04. The van der Waals surface area contributed by atoms with Crippen LogP contribution in [0.4, 0.5) is 0 Å². The van der Waals surface area contributed by atoms with E-state index in [4.69, 9.17) is 9.47 Å². The second-order valence-electron chi connectivity index (χ2n) is 2.72. The fourth-order valence-electron chi connectivity index (χ4n) is 1.10. The molecule has 16 heavy (non-hydrogen) atoms. The van der Waals surface area contributed by atoms with E-state index in [-0.39, 0.29) is 29.6 Å². The predicted molar refractivity (Wildman–Crippen MR) is 62.7 cm³/mol. The molecule has 0 aliphatic heterocycles. The second-order valence-corrected chi connectivity index (χ2v) is 2.72. The van der Waals surface area contributed by atoms with Gasteiger partial charge in [0.25, 0.3) is 0 Å². The minimum atomic E-state index is -0.517. The third-order valence-electron chi connectivity index (χ3n) is 1.80. The zero-order valence-corrected chi connectivity index (χ0v) is 8.47. The third kappa shape index (κ3) is 4.22. The van der Waals surface area contributed by atoms with Crippen LogP contribution in [0.1, 0.15) is 5.56 Å². The number of methoxy groups -OCH3 is 2. The van der Waals surface area contributed by atoms with Gasteiger partial charge < -0.3 is 9.47 Å². The van der Waals surface area contributed by atoms with Crippen LogP contribution in [0.2, 0.25) is 0 Å². The van der Waals surface area contributed by atoms with Crippen LogP contribution < -0.4 is 9.47 Å². The number of rotatable bonds is 4. The number of benzene rings is 1. The Morgan fingerprint density at radius 2 is 1.88 bits per heavy atom. The van der Waals surface area contributed by atoms with Gasteiger partial charge >= 0.3 is 29.6 Å². The standard InChI is InChI=1S/C10H11NO4.Na.H/c1-14-9-4-3-8(5-6-11(12)13)7-10(9)15-2;;/h3-7H,1-2H3;;. The predicted octanol–water partition coefficient (Wildman–Crippen LogP) is 1.30. The van der Waals surface area contributed by atoms with Gasteiger partial charge in [0.2, 0.25) is 6.20 Å². The molecule has 0 saturated carbocycles. The fraction of sp³-hybridized carbons (Fsp3) is 0.200. The Morgan fingerprint density at radius 1 is 1.25 bits per heavy atom. The van der Waals surface area contributed by atoms with E-state index < -0.39 is 4.92 Å². The van der Waals surface area contributed by atoms with Crippen LogP contribution >= 0.6 is 0 Å². The van der Waals surface area contributed by atoms with Crippen molar-refractivity contribution >= 4 is 35.6 Å². The van der Waals surface area contributed by atoms with Crippen LogP contribution in [-0.4, -0.2) is 48.7 Å². The van der Waals surface area contributed by atoms with Crippen molar-refractivity contribution in [3.8, 4) is 11.5 Å². The molecule has 0 heterocycles.